The van der Waals surface area contributed by atoms with Gasteiger partial charge in [-0.25, -0.2) is 0 Å². The number of aryl methyl sites for hydroxylation is 1. The number of nitrogens with one attached hydrogen (secondary N) is 1. The molecule has 1 saturated carbocycles. The van der Waals surface area contributed by atoms with Crippen molar-refractivity contribution in [1.82, 2.24) is 5.32 Å². The van der Waals surface area contributed by atoms with E-state index in [4.69, 9.17) is 0 Å². The van der Waals surface area contributed by atoms with E-state index in [0.717, 1.165) is 38.5 Å². The molecule has 0 aromatic heterocycles. The molecule has 1 aromatic carbocycles. The molecule has 21 heavy (non-hydrogen) atoms. The third-order valence-electron chi connectivity index (χ3n) is 4.38. The maximum Gasteiger partial charge on any atom is 0.240 e. The van der Waals surface area contributed by atoms with Crippen molar-refractivity contribution in [2.24, 2.45) is 5.41 Å². The predicted molar refractivity (Wildman–Crippen MR) is 83.5 cm³/mol. The SMILES string of the molecule is N#CC1(C(=O)NCCCc2ccccc2)CCCCCC1. The lowest BCUT2D eigenvalue weighted by Gasteiger charge is -2.23. The van der Waals surface area contributed by atoms with Crippen LogP contribution in [0.5, 0.6) is 0 Å². The molecule has 0 unspecified atom stereocenters. The Balaban J connectivity index is 1.79. The molecule has 0 spiro atoms. The molecular weight excluding hydrogens is 260 g/mol. The molecule has 0 radical (unpaired) electrons. The largest absolute Gasteiger partial charge is 0.355 e. The minimum atomic E-state index is -0.775. The van der Waals surface area contributed by atoms with Crippen molar-refractivity contribution >= 4 is 5.91 Å². The summed E-state index contributed by atoms with van der Waals surface area (Å²) in [7, 11) is 0. The lowest BCUT2D eigenvalue weighted by Crippen LogP contribution is -2.40. The molecule has 3 heteroatoms. The second-order valence-electron chi connectivity index (χ2n) is 5.95. The number of rotatable bonds is 5. The summed E-state index contributed by atoms with van der Waals surface area (Å²) in [4.78, 5) is 12.4. The van der Waals surface area contributed by atoms with Gasteiger partial charge in [-0.15, -0.1) is 0 Å². The van der Waals surface area contributed by atoms with Crippen molar-refractivity contribution < 1.29 is 4.79 Å². The molecule has 1 aliphatic carbocycles. The molecule has 0 bridgehead atoms. The van der Waals surface area contributed by atoms with Gasteiger partial charge in [-0.1, -0.05) is 56.0 Å². The molecule has 2 rings (SSSR count). The van der Waals surface area contributed by atoms with Crippen molar-refractivity contribution in [1.29, 1.82) is 5.26 Å². The van der Waals surface area contributed by atoms with Gasteiger partial charge in [0.15, 0.2) is 0 Å². The summed E-state index contributed by atoms with van der Waals surface area (Å²) in [6, 6.07) is 12.6. The molecule has 0 saturated heterocycles. The lowest BCUT2D eigenvalue weighted by molar-refractivity contribution is -0.128. The Labute approximate surface area is 127 Å². The summed E-state index contributed by atoms with van der Waals surface area (Å²) in [6.45, 7) is 0.650. The third-order valence-corrected chi connectivity index (χ3v) is 4.38. The summed E-state index contributed by atoms with van der Waals surface area (Å²) in [5, 5.41) is 12.4. The first-order chi connectivity index (χ1) is 10.3. The average molecular weight is 284 g/mol. The van der Waals surface area contributed by atoms with Gasteiger partial charge in [0.05, 0.1) is 6.07 Å². The quantitative estimate of drug-likeness (QED) is 0.663. The minimum Gasteiger partial charge on any atom is -0.355 e. The number of nitriles is 1. The monoisotopic (exact) mass is 284 g/mol. The number of benzene rings is 1. The van der Waals surface area contributed by atoms with E-state index >= 15 is 0 Å². The highest BCUT2D eigenvalue weighted by Gasteiger charge is 2.38. The Kier molecular flexibility index (Phi) is 5.80. The maximum atomic E-state index is 12.4. The van der Waals surface area contributed by atoms with Crippen LogP contribution in [0.2, 0.25) is 0 Å². The highest BCUT2D eigenvalue weighted by atomic mass is 16.2. The highest BCUT2D eigenvalue weighted by molar-refractivity contribution is 5.85. The van der Waals surface area contributed by atoms with Gasteiger partial charge in [-0.3, -0.25) is 4.79 Å². The number of hydrogen-bond acceptors (Lipinski definition) is 2. The van der Waals surface area contributed by atoms with Crippen molar-refractivity contribution in [3.05, 3.63) is 35.9 Å². The summed E-state index contributed by atoms with van der Waals surface area (Å²) in [6.07, 6.45) is 7.57. The molecule has 0 aliphatic heterocycles. The van der Waals surface area contributed by atoms with Crippen LogP contribution >= 0.6 is 0 Å². The van der Waals surface area contributed by atoms with Crippen molar-refractivity contribution in [2.45, 2.75) is 51.4 Å². The van der Waals surface area contributed by atoms with Gasteiger partial charge < -0.3 is 5.32 Å². The fraction of sp³-hybridized carbons (Fsp3) is 0.556. The first kappa shape index (κ1) is 15.6. The summed E-state index contributed by atoms with van der Waals surface area (Å²) >= 11 is 0. The van der Waals surface area contributed by atoms with E-state index in [0.29, 0.717) is 19.4 Å². The number of carbonyl (C=O) groups excluding carboxylic acids is 1. The molecule has 1 aromatic rings. The van der Waals surface area contributed by atoms with Crippen LogP contribution in [0.25, 0.3) is 0 Å². The number of nitrogens with zero attached hydrogens (tertiary/aromatic N) is 1. The van der Waals surface area contributed by atoms with Crippen molar-refractivity contribution in [3.63, 3.8) is 0 Å². The fourth-order valence-electron chi connectivity index (χ4n) is 3.03. The lowest BCUT2D eigenvalue weighted by atomic mass is 9.81. The number of amides is 1. The predicted octanol–water partition coefficient (Wildman–Crippen LogP) is 3.60. The molecule has 1 N–H and O–H groups in total. The van der Waals surface area contributed by atoms with Crippen LogP contribution < -0.4 is 5.32 Å². The van der Waals surface area contributed by atoms with E-state index in [9.17, 15) is 10.1 Å². The molecule has 3 nitrogen and oxygen atoms in total. The fourth-order valence-corrected chi connectivity index (χ4v) is 3.03. The van der Waals surface area contributed by atoms with Gasteiger partial charge in [-0.2, -0.15) is 5.26 Å². The smallest absolute Gasteiger partial charge is 0.240 e. The molecular formula is C18H24N2O. The van der Waals surface area contributed by atoms with Crippen molar-refractivity contribution in [3.8, 4) is 6.07 Å². The Morgan fingerprint density at radius 3 is 2.43 bits per heavy atom. The van der Waals surface area contributed by atoms with Crippen LogP contribution in [0, 0.1) is 16.7 Å². The Hall–Kier alpha value is -1.82. The normalized spacial score (nSPS) is 17.5. The molecule has 1 fully saturated rings. The average Bonchev–Trinajstić information content (AvgIpc) is 2.79. The number of hydrogen-bond donors (Lipinski definition) is 1. The highest BCUT2D eigenvalue weighted by Crippen LogP contribution is 2.34. The van der Waals surface area contributed by atoms with Gasteiger partial charge in [0.2, 0.25) is 5.91 Å². The standard InChI is InChI=1S/C18H24N2O/c19-15-18(12-6-1-2-7-13-18)17(21)20-14-8-11-16-9-4-3-5-10-16/h3-5,9-10H,1-2,6-8,11-14H2,(H,20,21). The van der Waals surface area contributed by atoms with E-state index < -0.39 is 5.41 Å². The summed E-state index contributed by atoms with van der Waals surface area (Å²) in [5.41, 5.74) is 0.514. The molecule has 1 amide bonds. The minimum absolute atomic E-state index is 0.0556. The Bertz CT molecular complexity index is 482. The maximum absolute atomic E-state index is 12.4. The van der Waals surface area contributed by atoms with Crippen molar-refractivity contribution in [2.75, 3.05) is 6.54 Å². The van der Waals surface area contributed by atoms with Crippen LogP contribution in [0.1, 0.15) is 50.5 Å². The molecule has 0 atom stereocenters. The topological polar surface area (TPSA) is 52.9 Å². The summed E-state index contributed by atoms with van der Waals surface area (Å²) in [5.74, 6) is -0.0556. The third kappa shape index (κ3) is 4.32. The van der Waals surface area contributed by atoms with E-state index in [1.165, 1.54) is 5.56 Å². The zero-order chi connectivity index (χ0) is 15.0. The zero-order valence-electron chi connectivity index (χ0n) is 12.6. The van der Waals surface area contributed by atoms with Crippen LogP contribution in [-0.4, -0.2) is 12.5 Å². The molecule has 1 aliphatic rings. The number of carbonyl (C=O) groups is 1. The summed E-state index contributed by atoms with van der Waals surface area (Å²) < 4.78 is 0. The molecule has 112 valence electrons. The van der Waals surface area contributed by atoms with Crippen LogP contribution in [-0.2, 0) is 11.2 Å². The van der Waals surface area contributed by atoms with Crippen LogP contribution in [0.15, 0.2) is 30.3 Å². The first-order valence-corrected chi connectivity index (χ1v) is 8.00. The molecule has 0 heterocycles. The van der Waals surface area contributed by atoms with E-state index in [-0.39, 0.29) is 5.91 Å². The first-order valence-electron chi connectivity index (χ1n) is 8.00. The Morgan fingerprint density at radius 2 is 1.81 bits per heavy atom. The van der Waals surface area contributed by atoms with Gasteiger partial charge in [-0.05, 0) is 31.2 Å². The second-order valence-corrected chi connectivity index (χ2v) is 5.95. The van der Waals surface area contributed by atoms with Crippen LogP contribution in [0.3, 0.4) is 0 Å². The van der Waals surface area contributed by atoms with Gasteiger partial charge in [0.1, 0.15) is 5.41 Å². The Morgan fingerprint density at radius 1 is 1.14 bits per heavy atom. The van der Waals surface area contributed by atoms with Gasteiger partial charge in [0.25, 0.3) is 0 Å². The second kappa shape index (κ2) is 7.83. The van der Waals surface area contributed by atoms with E-state index in [1.54, 1.807) is 0 Å². The van der Waals surface area contributed by atoms with E-state index in [1.807, 2.05) is 18.2 Å². The van der Waals surface area contributed by atoms with Gasteiger partial charge >= 0.3 is 0 Å². The van der Waals surface area contributed by atoms with Crippen LogP contribution in [0.4, 0.5) is 0 Å². The zero-order valence-corrected chi connectivity index (χ0v) is 12.6. The van der Waals surface area contributed by atoms with E-state index in [2.05, 4.69) is 23.5 Å². The van der Waals surface area contributed by atoms with Gasteiger partial charge in [0, 0.05) is 6.54 Å².